The van der Waals surface area contributed by atoms with E-state index in [9.17, 15) is 9.59 Å². The normalized spacial score (nSPS) is 11.6. The summed E-state index contributed by atoms with van der Waals surface area (Å²) in [7, 11) is 1.87. The Morgan fingerprint density at radius 3 is 2.14 bits per heavy atom. The van der Waals surface area contributed by atoms with Crippen molar-refractivity contribution in [3.63, 3.8) is 0 Å². The molecule has 0 unspecified atom stereocenters. The zero-order valence-corrected chi connectivity index (χ0v) is 21.9. The van der Waals surface area contributed by atoms with Crippen molar-refractivity contribution in [2.24, 2.45) is 12.5 Å². The lowest BCUT2D eigenvalue weighted by atomic mass is 9.91. The van der Waals surface area contributed by atoms with Gasteiger partial charge in [0.25, 0.3) is 5.56 Å². The highest BCUT2D eigenvalue weighted by molar-refractivity contribution is 5.77. The second-order valence-corrected chi connectivity index (χ2v) is 10.5. The van der Waals surface area contributed by atoms with E-state index in [4.69, 9.17) is 4.52 Å². The molecule has 2 heterocycles. The van der Waals surface area contributed by atoms with Crippen LogP contribution in [0, 0.1) is 19.3 Å². The third kappa shape index (κ3) is 5.20. The fourth-order valence-electron chi connectivity index (χ4n) is 4.39. The number of hydrogen-bond donors (Lipinski definition) is 0. The number of aromatic nitrogens is 3. The molecule has 0 saturated heterocycles. The van der Waals surface area contributed by atoms with Gasteiger partial charge < -0.3 is 9.42 Å². The fourth-order valence-corrected chi connectivity index (χ4v) is 4.39. The van der Waals surface area contributed by atoms with Crippen molar-refractivity contribution < 1.29 is 9.32 Å². The van der Waals surface area contributed by atoms with Crippen LogP contribution in [0.3, 0.4) is 0 Å². The van der Waals surface area contributed by atoms with Gasteiger partial charge in [-0.25, -0.2) is 4.68 Å². The van der Waals surface area contributed by atoms with E-state index in [0.29, 0.717) is 30.0 Å². The molecule has 0 radical (unpaired) electrons. The fraction of sp³-hybridized carbons (Fsp3) is 0.345. The highest BCUT2D eigenvalue weighted by Gasteiger charge is 2.27. The van der Waals surface area contributed by atoms with Crippen LogP contribution < -0.4 is 5.56 Å². The molecular formula is C29H34N4O3. The summed E-state index contributed by atoms with van der Waals surface area (Å²) in [6, 6.07) is 19.3. The van der Waals surface area contributed by atoms with Crippen LogP contribution in [0.5, 0.6) is 0 Å². The van der Waals surface area contributed by atoms with Gasteiger partial charge in [-0.2, -0.15) is 0 Å². The summed E-state index contributed by atoms with van der Waals surface area (Å²) in [4.78, 5) is 28.9. The Hall–Kier alpha value is -3.87. The molecule has 4 rings (SSSR count). The highest BCUT2D eigenvalue weighted by atomic mass is 16.5. The monoisotopic (exact) mass is 486 g/mol. The molecule has 0 aliphatic heterocycles. The van der Waals surface area contributed by atoms with Gasteiger partial charge in [-0.1, -0.05) is 74.5 Å². The van der Waals surface area contributed by atoms with Gasteiger partial charge in [0.1, 0.15) is 11.5 Å². The van der Waals surface area contributed by atoms with Gasteiger partial charge in [-0.15, -0.1) is 0 Å². The first kappa shape index (κ1) is 25.2. The Bertz CT molecular complexity index is 1410. The maximum absolute atomic E-state index is 13.6. The quantitative estimate of drug-likeness (QED) is 0.350. The topological polar surface area (TPSA) is 73.3 Å². The van der Waals surface area contributed by atoms with Gasteiger partial charge in [0.05, 0.1) is 24.3 Å². The van der Waals surface area contributed by atoms with Crippen molar-refractivity contribution in [1.82, 2.24) is 19.4 Å². The van der Waals surface area contributed by atoms with Crippen LogP contribution in [0.4, 0.5) is 0 Å². The molecule has 7 nitrogen and oxygen atoms in total. The smallest absolute Gasteiger partial charge is 0.276 e. The Morgan fingerprint density at radius 1 is 0.944 bits per heavy atom. The van der Waals surface area contributed by atoms with Crippen LogP contribution in [0.2, 0.25) is 0 Å². The van der Waals surface area contributed by atoms with E-state index in [1.165, 1.54) is 0 Å². The van der Waals surface area contributed by atoms with Gasteiger partial charge >= 0.3 is 0 Å². The lowest BCUT2D eigenvalue weighted by Crippen LogP contribution is -2.35. The minimum atomic E-state index is -0.197. The maximum atomic E-state index is 13.6. The number of benzene rings is 2. The predicted molar refractivity (Wildman–Crippen MR) is 141 cm³/mol. The molecule has 0 saturated carbocycles. The number of aryl methyl sites for hydroxylation is 1. The van der Waals surface area contributed by atoms with Crippen molar-refractivity contribution in [3.8, 4) is 16.9 Å². The minimum Gasteiger partial charge on any atom is -0.361 e. The minimum absolute atomic E-state index is 0.0176. The van der Waals surface area contributed by atoms with Crippen molar-refractivity contribution in [2.75, 3.05) is 0 Å². The molecule has 0 atom stereocenters. The van der Waals surface area contributed by atoms with Crippen molar-refractivity contribution in [1.29, 1.82) is 0 Å². The Kier molecular flexibility index (Phi) is 7.02. The summed E-state index contributed by atoms with van der Waals surface area (Å²) in [6.45, 7) is 10.4. The third-order valence-corrected chi connectivity index (χ3v) is 6.44. The van der Waals surface area contributed by atoms with Gasteiger partial charge in [0.15, 0.2) is 0 Å². The van der Waals surface area contributed by atoms with Crippen molar-refractivity contribution in [2.45, 2.75) is 54.1 Å². The summed E-state index contributed by atoms with van der Waals surface area (Å²) in [5.74, 6) is 0.643. The molecule has 7 heteroatoms. The summed E-state index contributed by atoms with van der Waals surface area (Å²) in [5, 5.41) is 4.29. The number of hydrogen-bond acceptors (Lipinski definition) is 4. The van der Waals surface area contributed by atoms with Crippen molar-refractivity contribution in [3.05, 3.63) is 93.6 Å². The van der Waals surface area contributed by atoms with Gasteiger partial charge in [0, 0.05) is 30.3 Å². The average molecular weight is 487 g/mol. The molecule has 188 valence electrons. The van der Waals surface area contributed by atoms with Crippen LogP contribution in [-0.2, 0) is 24.9 Å². The summed E-state index contributed by atoms with van der Waals surface area (Å²) in [6.07, 6.45) is 0.358. The molecule has 2 aromatic heterocycles. The second-order valence-electron chi connectivity index (χ2n) is 10.5. The molecule has 2 aromatic carbocycles. The van der Waals surface area contributed by atoms with E-state index in [2.05, 4.69) is 5.16 Å². The molecule has 0 bridgehead atoms. The summed E-state index contributed by atoms with van der Waals surface area (Å²) in [5.41, 5.74) is 4.37. The molecular weight excluding hydrogens is 452 g/mol. The average Bonchev–Trinajstić information content (AvgIpc) is 3.30. The van der Waals surface area contributed by atoms with E-state index in [1.807, 2.05) is 107 Å². The highest BCUT2D eigenvalue weighted by Crippen LogP contribution is 2.28. The van der Waals surface area contributed by atoms with E-state index < -0.39 is 0 Å². The SMILES string of the molecule is Cc1onc(-c2ccccc2)c1CN(Cc1c(C)n(C)n(-c2ccccc2)c1=O)C(=O)CC(C)(C)C. The molecule has 1 amide bonds. The van der Waals surface area contributed by atoms with Crippen LogP contribution in [0.1, 0.15) is 49.8 Å². The lowest BCUT2D eigenvalue weighted by molar-refractivity contribution is -0.134. The second kappa shape index (κ2) is 10.0. The molecule has 0 aliphatic carbocycles. The summed E-state index contributed by atoms with van der Waals surface area (Å²) >= 11 is 0. The molecule has 0 fully saturated rings. The van der Waals surface area contributed by atoms with Crippen LogP contribution in [0.25, 0.3) is 16.9 Å². The number of nitrogens with zero attached hydrogens (tertiary/aromatic N) is 4. The van der Waals surface area contributed by atoms with E-state index in [-0.39, 0.29) is 23.4 Å². The number of carbonyl (C=O) groups excluding carboxylic acids is 1. The van der Waals surface area contributed by atoms with Gasteiger partial charge in [0.2, 0.25) is 5.91 Å². The van der Waals surface area contributed by atoms with E-state index in [1.54, 1.807) is 9.58 Å². The largest absolute Gasteiger partial charge is 0.361 e. The number of para-hydroxylation sites is 1. The molecule has 36 heavy (non-hydrogen) atoms. The molecule has 4 aromatic rings. The number of carbonyl (C=O) groups is 1. The molecule has 0 aliphatic rings. The van der Waals surface area contributed by atoms with E-state index in [0.717, 1.165) is 22.5 Å². The number of rotatable bonds is 7. The zero-order chi connectivity index (χ0) is 26.0. The Labute approximate surface area is 211 Å². The predicted octanol–water partition coefficient (Wildman–Crippen LogP) is 5.41. The summed E-state index contributed by atoms with van der Waals surface area (Å²) < 4.78 is 9.05. The van der Waals surface area contributed by atoms with E-state index >= 15 is 0 Å². The lowest BCUT2D eigenvalue weighted by Gasteiger charge is -2.26. The van der Waals surface area contributed by atoms with Crippen LogP contribution >= 0.6 is 0 Å². The van der Waals surface area contributed by atoms with Crippen LogP contribution in [-0.4, -0.2) is 25.3 Å². The first-order chi connectivity index (χ1) is 17.1. The van der Waals surface area contributed by atoms with Gasteiger partial charge in [-0.3, -0.25) is 14.3 Å². The zero-order valence-electron chi connectivity index (χ0n) is 21.9. The standard InChI is InChI=1S/C29H34N4O3/c1-20-24(28(35)33(31(20)6)23-15-11-8-12-16-23)18-32(26(34)17-29(3,4)5)19-25-21(2)36-30-27(25)22-13-9-7-10-14-22/h7-16H,17-19H2,1-6H3. The maximum Gasteiger partial charge on any atom is 0.276 e. The molecule has 0 N–H and O–H groups in total. The third-order valence-electron chi connectivity index (χ3n) is 6.44. The first-order valence-corrected chi connectivity index (χ1v) is 12.2. The first-order valence-electron chi connectivity index (χ1n) is 12.2. The van der Waals surface area contributed by atoms with Gasteiger partial charge in [-0.05, 0) is 31.4 Å². The van der Waals surface area contributed by atoms with Crippen LogP contribution in [0.15, 0.2) is 70.0 Å². The molecule has 0 spiro atoms. The number of amides is 1. The van der Waals surface area contributed by atoms with Crippen molar-refractivity contribution >= 4 is 5.91 Å². The Morgan fingerprint density at radius 2 is 1.53 bits per heavy atom. The Balaban J connectivity index is 1.75.